The second-order valence-electron chi connectivity index (χ2n) is 5.05. The van der Waals surface area contributed by atoms with Gasteiger partial charge in [0.1, 0.15) is 0 Å². The maximum atomic E-state index is 11.2. The number of carbonyl (C=O) groups is 1. The molecule has 0 heterocycles. The van der Waals surface area contributed by atoms with E-state index in [1.54, 1.807) is 0 Å². The number of aliphatic hydroxyl groups is 1. The van der Waals surface area contributed by atoms with E-state index < -0.39 is 17.5 Å². The van der Waals surface area contributed by atoms with Crippen LogP contribution in [0.1, 0.15) is 46.5 Å². The van der Waals surface area contributed by atoms with Crippen LogP contribution < -0.4 is 0 Å². The summed E-state index contributed by atoms with van der Waals surface area (Å²) < 4.78 is 0. The Morgan fingerprint density at radius 2 is 2.13 bits per heavy atom. The molecule has 0 spiro atoms. The molecule has 0 aromatic rings. The Hall–Kier alpha value is -0.570. The summed E-state index contributed by atoms with van der Waals surface area (Å²) in [7, 11) is 0. The van der Waals surface area contributed by atoms with E-state index in [9.17, 15) is 15.0 Å². The third kappa shape index (κ3) is 2.17. The Labute approximate surface area is 91.5 Å². The molecule has 3 heteroatoms. The summed E-state index contributed by atoms with van der Waals surface area (Å²) in [6.45, 7) is 5.78. The smallest absolute Gasteiger partial charge is 0.309 e. The van der Waals surface area contributed by atoms with Crippen molar-refractivity contribution in [2.24, 2.45) is 17.8 Å². The van der Waals surface area contributed by atoms with Crippen molar-refractivity contribution in [3.05, 3.63) is 0 Å². The van der Waals surface area contributed by atoms with Gasteiger partial charge >= 0.3 is 5.97 Å². The summed E-state index contributed by atoms with van der Waals surface area (Å²) in [5.74, 6) is -1.33. The molecule has 1 rings (SSSR count). The normalized spacial score (nSPS) is 33.3. The van der Waals surface area contributed by atoms with Crippen molar-refractivity contribution in [2.75, 3.05) is 0 Å². The fraction of sp³-hybridized carbons (Fsp3) is 0.917. The molecule has 0 aromatic heterocycles. The monoisotopic (exact) mass is 214 g/mol. The summed E-state index contributed by atoms with van der Waals surface area (Å²) in [5, 5.41) is 19.8. The maximum absolute atomic E-state index is 11.2. The quantitative estimate of drug-likeness (QED) is 0.755. The number of hydrogen-bond acceptors (Lipinski definition) is 2. The lowest BCUT2D eigenvalue weighted by Crippen LogP contribution is -2.47. The summed E-state index contributed by atoms with van der Waals surface area (Å²) in [4.78, 5) is 11.2. The van der Waals surface area contributed by atoms with E-state index in [4.69, 9.17) is 0 Å². The van der Waals surface area contributed by atoms with Gasteiger partial charge in [-0.1, -0.05) is 33.6 Å². The molecular weight excluding hydrogens is 192 g/mol. The van der Waals surface area contributed by atoms with Crippen LogP contribution in [0.25, 0.3) is 0 Å². The first-order chi connectivity index (χ1) is 6.93. The second-order valence-corrected chi connectivity index (χ2v) is 5.05. The molecular formula is C12H22O3. The Kier molecular flexibility index (Phi) is 3.77. The van der Waals surface area contributed by atoms with Gasteiger partial charge in [0, 0.05) is 0 Å². The minimum absolute atomic E-state index is 0.0142. The molecule has 2 N–H and O–H groups in total. The van der Waals surface area contributed by atoms with Gasteiger partial charge in [0.25, 0.3) is 0 Å². The number of aliphatic carboxylic acids is 1. The molecule has 0 radical (unpaired) electrons. The van der Waals surface area contributed by atoms with Crippen LogP contribution in [0.5, 0.6) is 0 Å². The van der Waals surface area contributed by atoms with Gasteiger partial charge in [0.05, 0.1) is 11.5 Å². The number of rotatable bonds is 4. The van der Waals surface area contributed by atoms with E-state index in [-0.39, 0.29) is 11.8 Å². The van der Waals surface area contributed by atoms with E-state index in [2.05, 4.69) is 0 Å². The topological polar surface area (TPSA) is 57.5 Å². The van der Waals surface area contributed by atoms with Crippen molar-refractivity contribution in [3.8, 4) is 0 Å². The highest BCUT2D eigenvalue weighted by atomic mass is 16.4. The third-order valence-electron chi connectivity index (χ3n) is 3.80. The van der Waals surface area contributed by atoms with Gasteiger partial charge in [-0.15, -0.1) is 0 Å². The number of hydrogen-bond donors (Lipinski definition) is 2. The van der Waals surface area contributed by atoms with E-state index >= 15 is 0 Å². The second kappa shape index (κ2) is 4.52. The average Bonchev–Trinajstić information content (AvgIpc) is 2.45. The standard InChI is InChI=1S/C12H22O3/c1-4-9-6-5-7-12(9,15)10(8(2)3)11(13)14/h8-10,15H,4-7H2,1-3H3,(H,13,14). The minimum atomic E-state index is -0.977. The Morgan fingerprint density at radius 3 is 2.53 bits per heavy atom. The molecule has 3 nitrogen and oxygen atoms in total. The first-order valence-corrected chi connectivity index (χ1v) is 5.88. The Balaban J connectivity index is 2.94. The van der Waals surface area contributed by atoms with E-state index in [1.165, 1.54) is 0 Å². The fourth-order valence-electron chi connectivity index (χ4n) is 3.13. The Bertz CT molecular complexity index is 237. The molecule has 3 unspecified atom stereocenters. The van der Waals surface area contributed by atoms with Gasteiger partial charge in [0.2, 0.25) is 0 Å². The van der Waals surface area contributed by atoms with Crippen molar-refractivity contribution in [2.45, 2.75) is 52.1 Å². The maximum Gasteiger partial charge on any atom is 0.309 e. The van der Waals surface area contributed by atoms with Crippen LogP contribution in [0, 0.1) is 17.8 Å². The molecule has 0 aliphatic heterocycles. The van der Waals surface area contributed by atoms with Crippen LogP contribution in [-0.4, -0.2) is 21.8 Å². The Morgan fingerprint density at radius 1 is 1.53 bits per heavy atom. The van der Waals surface area contributed by atoms with Crippen molar-refractivity contribution in [3.63, 3.8) is 0 Å². The van der Waals surface area contributed by atoms with E-state index in [0.717, 1.165) is 19.3 Å². The lowest BCUT2D eigenvalue weighted by atomic mass is 9.73. The van der Waals surface area contributed by atoms with E-state index in [0.29, 0.717) is 6.42 Å². The molecule has 3 atom stereocenters. The number of carboxylic acids is 1. The molecule has 1 fully saturated rings. The predicted molar refractivity (Wildman–Crippen MR) is 58.5 cm³/mol. The van der Waals surface area contributed by atoms with Gasteiger partial charge in [-0.3, -0.25) is 4.79 Å². The van der Waals surface area contributed by atoms with Gasteiger partial charge in [-0.2, -0.15) is 0 Å². The lowest BCUT2D eigenvalue weighted by Gasteiger charge is -2.37. The molecule has 0 bridgehead atoms. The van der Waals surface area contributed by atoms with Gasteiger partial charge in [-0.05, 0) is 24.7 Å². The first kappa shape index (κ1) is 12.5. The van der Waals surface area contributed by atoms with Gasteiger partial charge in [0.15, 0.2) is 0 Å². The highest BCUT2D eigenvalue weighted by molar-refractivity contribution is 5.72. The molecule has 15 heavy (non-hydrogen) atoms. The highest BCUT2D eigenvalue weighted by Gasteiger charge is 2.50. The third-order valence-corrected chi connectivity index (χ3v) is 3.80. The van der Waals surface area contributed by atoms with Crippen LogP contribution in [0.4, 0.5) is 0 Å². The number of carboxylic acid groups (broad SMARTS) is 1. The summed E-state index contributed by atoms with van der Waals surface area (Å²) in [6.07, 6.45) is 3.42. The summed E-state index contributed by atoms with van der Waals surface area (Å²) >= 11 is 0. The van der Waals surface area contributed by atoms with Crippen LogP contribution in [-0.2, 0) is 4.79 Å². The van der Waals surface area contributed by atoms with Crippen LogP contribution in [0.15, 0.2) is 0 Å². The molecule has 0 aromatic carbocycles. The van der Waals surface area contributed by atoms with Crippen molar-refractivity contribution in [1.82, 2.24) is 0 Å². The zero-order valence-corrected chi connectivity index (χ0v) is 9.86. The molecule has 1 saturated carbocycles. The van der Waals surface area contributed by atoms with Crippen molar-refractivity contribution in [1.29, 1.82) is 0 Å². The molecule has 1 aliphatic rings. The van der Waals surface area contributed by atoms with Crippen LogP contribution >= 0.6 is 0 Å². The zero-order valence-electron chi connectivity index (χ0n) is 9.86. The van der Waals surface area contributed by atoms with Crippen molar-refractivity contribution >= 4 is 5.97 Å². The van der Waals surface area contributed by atoms with Gasteiger partial charge in [-0.25, -0.2) is 0 Å². The SMILES string of the molecule is CCC1CCCC1(O)C(C(=O)O)C(C)C. The fourth-order valence-corrected chi connectivity index (χ4v) is 3.13. The first-order valence-electron chi connectivity index (χ1n) is 5.88. The van der Waals surface area contributed by atoms with Crippen LogP contribution in [0.3, 0.4) is 0 Å². The molecule has 1 aliphatic carbocycles. The summed E-state index contributed by atoms with van der Waals surface area (Å²) in [6, 6.07) is 0. The summed E-state index contributed by atoms with van der Waals surface area (Å²) in [5.41, 5.74) is -0.977. The van der Waals surface area contributed by atoms with Crippen LogP contribution in [0.2, 0.25) is 0 Å². The predicted octanol–water partition coefficient (Wildman–Crippen LogP) is 2.28. The lowest BCUT2D eigenvalue weighted by molar-refractivity contribution is -0.159. The molecule has 0 amide bonds. The van der Waals surface area contributed by atoms with Crippen molar-refractivity contribution < 1.29 is 15.0 Å². The molecule has 88 valence electrons. The highest BCUT2D eigenvalue weighted by Crippen LogP contribution is 2.45. The zero-order chi connectivity index (χ0) is 11.6. The largest absolute Gasteiger partial charge is 0.481 e. The van der Waals surface area contributed by atoms with E-state index in [1.807, 2.05) is 20.8 Å². The molecule has 0 saturated heterocycles. The van der Waals surface area contributed by atoms with Gasteiger partial charge < -0.3 is 10.2 Å². The minimum Gasteiger partial charge on any atom is -0.481 e. The average molecular weight is 214 g/mol.